The van der Waals surface area contributed by atoms with Crippen LogP contribution >= 0.6 is 15.9 Å². The summed E-state index contributed by atoms with van der Waals surface area (Å²) in [5.41, 5.74) is 0.284. The molecule has 5 nitrogen and oxygen atoms in total. The quantitative estimate of drug-likeness (QED) is 0.710. The van der Waals surface area contributed by atoms with Crippen LogP contribution in [0.1, 0.15) is 39.7 Å². The Kier molecular flexibility index (Phi) is 4.55. The normalized spacial score (nSPS) is 16.6. The fourth-order valence-electron chi connectivity index (χ4n) is 2.97. The Morgan fingerprint density at radius 3 is 2.62 bits per heavy atom. The molecule has 0 saturated carbocycles. The van der Waals surface area contributed by atoms with Gasteiger partial charge in [-0.15, -0.1) is 0 Å². The van der Waals surface area contributed by atoms with Crippen molar-refractivity contribution in [2.24, 2.45) is 0 Å². The molecule has 1 amide bonds. The van der Waals surface area contributed by atoms with Crippen LogP contribution in [0, 0.1) is 5.82 Å². The zero-order chi connectivity index (χ0) is 17.5. The highest BCUT2D eigenvalue weighted by molar-refractivity contribution is 9.10. The minimum absolute atomic E-state index is 0.138. The van der Waals surface area contributed by atoms with E-state index in [0.29, 0.717) is 17.7 Å². The lowest BCUT2D eigenvalue weighted by atomic mass is 10.1. The van der Waals surface area contributed by atoms with E-state index in [4.69, 9.17) is 4.74 Å². The van der Waals surface area contributed by atoms with Gasteiger partial charge in [-0.3, -0.25) is 4.68 Å². The molecule has 1 aliphatic heterocycles. The molecule has 1 aromatic carbocycles. The van der Waals surface area contributed by atoms with E-state index in [2.05, 4.69) is 21.0 Å². The van der Waals surface area contributed by atoms with E-state index in [1.165, 1.54) is 12.1 Å². The predicted molar refractivity (Wildman–Crippen MR) is 93.5 cm³/mol. The van der Waals surface area contributed by atoms with Crippen LogP contribution in [0.25, 0.3) is 10.9 Å². The molecule has 2 heterocycles. The van der Waals surface area contributed by atoms with Gasteiger partial charge < -0.3 is 9.64 Å². The molecular formula is C17H21BrFN3O2. The molecule has 0 unspecified atom stereocenters. The molecule has 0 spiro atoms. The highest BCUT2D eigenvalue weighted by atomic mass is 79.9. The van der Waals surface area contributed by atoms with Crippen LogP contribution in [-0.2, 0) is 4.74 Å². The second kappa shape index (κ2) is 6.35. The number of amides is 1. The third kappa shape index (κ3) is 3.55. The first-order valence-corrected chi connectivity index (χ1v) is 8.85. The lowest BCUT2D eigenvalue weighted by Crippen LogP contribution is -2.42. The summed E-state index contributed by atoms with van der Waals surface area (Å²) in [7, 11) is 0. The number of likely N-dealkylation sites (tertiary alicyclic amines) is 1. The van der Waals surface area contributed by atoms with E-state index in [-0.39, 0.29) is 18.0 Å². The van der Waals surface area contributed by atoms with Gasteiger partial charge in [0.15, 0.2) is 0 Å². The molecule has 3 rings (SSSR count). The van der Waals surface area contributed by atoms with Crippen molar-refractivity contribution in [2.75, 3.05) is 13.1 Å². The van der Waals surface area contributed by atoms with Crippen LogP contribution in [0.15, 0.2) is 22.8 Å². The van der Waals surface area contributed by atoms with Crippen molar-refractivity contribution < 1.29 is 13.9 Å². The maximum absolute atomic E-state index is 13.6. The molecule has 0 N–H and O–H groups in total. The summed E-state index contributed by atoms with van der Waals surface area (Å²) in [6, 6.07) is 4.81. The van der Waals surface area contributed by atoms with Gasteiger partial charge in [-0.05, 0) is 67.7 Å². The van der Waals surface area contributed by atoms with Gasteiger partial charge in [-0.2, -0.15) is 5.10 Å². The number of rotatable bonds is 1. The Balaban J connectivity index is 1.73. The van der Waals surface area contributed by atoms with Gasteiger partial charge in [-0.1, -0.05) is 0 Å². The summed E-state index contributed by atoms with van der Waals surface area (Å²) in [5.74, 6) is -0.276. The van der Waals surface area contributed by atoms with Crippen molar-refractivity contribution in [3.05, 3.63) is 28.6 Å². The molecule has 0 radical (unpaired) electrons. The van der Waals surface area contributed by atoms with Crippen LogP contribution in [0.2, 0.25) is 0 Å². The van der Waals surface area contributed by atoms with Crippen LogP contribution in [0.4, 0.5) is 9.18 Å². The van der Waals surface area contributed by atoms with Crippen LogP contribution in [0.3, 0.4) is 0 Å². The number of hydrogen-bond donors (Lipinski definition) is 0. The van der Waals surface area contributed by atoms with Crippen molar-refractivity contribution in [1.29, 1.82) is 0 Å². The summed E-state index contributed by atoms with van der Waals surface area (Å²) in [5, 5.41) is 5.41. The van der Waals surface area contributed by atoms with Gasteiger partial charge >= 0.3 is 6.09 Å². The van der Waals surface area contributed by atoms with E-state index in [0.717, 1.165) is 23.7 Å². The van der Waals surface area contributed by atoms with E-state index in [1.807, 2.05) is 25.5 Å². The average molecular weight is 398 g/mol. The number of halogens is 2. The second-order valence-electron chi connectivity index (χ2n) is 7.10. The van der Waals surface area contributed by atoms with Gasteiger partial charge in [0.25, 0.3) is 0 Å². The molecule has 1 saturated heterocycles. The molecule has 2 aromatic rings. The second-order valence-corrected chi connectivity index (χ2v) is 7.85. The third-order valence-corrected chi connectivity index (χ3v) is 4.67. The number of fused-ring (bicyclic) bond motifs is 1. The largest absolute Gasteiger partial charge is 0.444 e. The first kappa shape index (κ1) is 17.2. The summed E-state index contributed by atoms with van der Waals surface area (Å²) in [4.78, 5) is 13.9. The maximum Gasteiger partial charge on any atom is 0.410 e. The zero-order valence-electron chi connectivity index (χ0n) is 14.1. The molecule has 130 valence electrons. The molecule has 0 atom stereocenters. The lowest BCUT2D eigenvalue weighted by Gasteiger charge is -2.33. The number of hydrogen-bond acceptors (Lipinski definition) is 3. The van der Waals surface area contributed by atoms with Gasteiger partial charge in [0.1, 0.15) is 16.0 Å². The van der Waals surface area contributed by atoms with E-state index in [9.17, 15) is 9.18 Å². The van der Waals surface area contributed by atoms with Gasteiger partial charge in [0, 0.05) is 18.5 Å². The third-order valence-electron chi connectivity index (χ3n) is 4.09. The van der Waals surface area contributed by atoms with E-state index in [1.54, 1.807) is 11.0 Å². The molecular weight excluding hydrogens is 377 g/mol. The monoisotopic (exact) mass is 397 g/mol. The van der Waals surface area contributed by atoms with Gasteiger partial charge in [0.2, 0.25) is 0 Å². The smallest absolute Gasteiger partial charge is 0.410 e. The predicted octanol–water partition coefficient (Wildman–Crippen LogP) is 4.51. The van der Waals surface area contributed by atoms with Crippen molar-refractivity contribution in [2.45, 2.75) is 45.3 Å². The number of carbonyl (C=O) groups excluding carboxylic acids is 1. The van der Waals surface area contributed by atoms with Gasteiger partial charge in [0.05, 0.1) is 11.6 Å². The van der Waals surface area contributed by atoms with Crippen LogP contribution in [0.5, 0.6) is 0 Å². The topological polar surface area (TPSA) is 47.4 Å². The fourth-order valence-corrected chi connectivity index (χ4v) is 3.48. The molecule has 1 fully saturated rings. The summed E-state index contributed by atoms with van der Waals surface area (Å²) < 4.78 is 21.6. The Morgan fingerprint density at radius 2 is 2.00 bits per heavy atom. The zero-order valence-corrected chi connectivity index (χ0v) is 15.6. The first-order valence-electron chi connectivity index (χ1n) is 8.06. The van der Waals surface area contributed by atoms with Crippen molar-refractivity contribution in [3.8, 4) is 0 Å². The number of nitrogens with zero attached hydrogens (tertiary/aromatic N) is 3. The highest BCUT2D eigenvalue weighted by Crippen LogP contribution is 2.31. The fraction of sp³-hybridized carbons (Fsp3) is 0.529. The van der Waals surface area contributed by atoms with Crippen LogP contribution in [-0.4, -0.2) is 39.5 Å². The highest BCUT2D eigenvalue weighted by Gasteiger charge is 2.28. The van der Waals surface area contributed by atoms with Crippen molar-refractivity contribution in [1.82, 2.24) is 14.7 Å². The number of piperidine rings is 1. The Morgan fingerprint density at radius 1 is 1.33 bits per heavy atom. The number of aromatic nitrogens is 2. The Hall–Kier alpha value is -1.63. The van der Waals surface area contributed by atoms with Crippen LogP contribution < -0.4 is 0 Å². The summed E-state index contributed by atoms with van der Waals surface area (Å²) in [6.07, 6.45) is 1.25. The molecule has 24 heavy (non-hydrogen) atoms. The maximum atomic E-state index is 13.6. The number of ether oxygens (including phenoxy) is 1. The molecule has 1 aromatic heterocycles. The summed E-state index contributed by atoms with van der Waals surface area (Å²) >= 11 is 3.44. The van der Waals surface area contributed by atoms with Gasteiger partial charge in [-0.25, -0.2) is 9.18 Å². The Labute approximate surface area is 148 Å². The lowest BCUT2D eigenvalue weighted by molar-refractivity contribution is 0.0186. The SMILES string of the molecule is CC(C)(C)OC(=O)N1CCC(n2nc(Br)c3ccc(F)cc32)CC1. The molecule has 1 aliphatic rings. The standard InChI is InChI=1S/C17H21BrFN3O2/c1-17(2,3)24-16(23)21-8-6-12(7-9-21)22-14-10-11(19)4-5-13(14)15(18)20-22/h4-5,10,12H,6-9H2,1-3H3. The average Bonchev–Trinajstić information content (AvgIpc) is 2.82. The van der Waals surface area contributed by atoms with Crippen molar-refractivity contribution >= 4 is 32.9 Å². The molecule has 0 bridgehead atoms. The number of benzene rings is 1. The first-order chi connectivity index (χ1) is 11.2. The van der Waals surface area contributed by atoms with E-state index >= 15 is 0 Å². The van der Waals surface area contributed by atoms with E-state index < -0.39 is 5.60 Å². The minimum Gasteiger partial charge on any atom is -0.444 e. The Bertz CT molecular complexity index is 761. The van der Waals surface area contributed by atoms with Crippen molar-refractivity contribution in [3.63, 3.8) is 0 Å². The minimum atomic E-state index is -0.492. The molecule has 0 aliphatic carbocycles. The number of carbonyl (C=O) groups is 1. The molecule has 7 heteroatoms. The summed E-state index contributed by atoms with van der Waals surface area (Å²) in [6.45, 7) is 6.79.